The highest BCUT2D eigenvalue weighted by Crippen LogP contribution is 2.29. The van der Waals surface area contributed by atoms with Crippen molar-refractivity contribution in [2.75, 3.05) is 12.0 Å². The van der Waals surface area contributed by atoms with E-state index in [0.29, 0.717) is 22.7 Å². The van der Waals surface area contributed by atoms with Crippen molar-refractivity contribution in [3.63, 3.8) is 0 Å². The Kier molecular flexibility index (Phi) is 4.49. The molecule has 0 N–H and O–H groups in total. The van der Waals surface area contributed by atoms with Gasteiger partial charge < -0.3 is 4.57 Å². The SMILES string of the molecule is Cc1cc2c(cc1F)nc(C(C)Cl)n2C(C)CS(C)=O. The van der Waals surface area contributed by atoms with Crippen molar-refractivity contribution in [1.29, 1.82) is 0 Å². The van der Waals surface area contributed by atoms with Gasteiger partial charge in [-0.1, -0.05) is 0 Å². The molecule has 2 aromatic rings. The Bertz CT molecular complexity index is 669. The monoisotopic (exact) mass is 316 g/mol. The molecule has 3 nitrogen and oxygen atoms in total. The number of alkyl halides is 1. The van der Waals surface area contributed by atoms with Crippen LogP contribution in [-0.2, 0) is 10.8 Å². The van der Waals surface area contributed by atoms with Crippen LogP contribution in [0.4, 0.5) is 4.39 Å². The summed E-state index contributed by atoms with van der Waals surface area (Å²) in [4.78, 5) is 4.43. The number of aryl methyl sites for hydroxylation is 1. The van der Waals surface area contributed by atoms with E-state index in [1.54, 1.807) is 19.2 Å². The van der Waals surface area contributed by atoms with Gasteiger partial charge in [-0.15, -0.1) is 11.6 Å². The molecule has 0 fully saturated rings. The average molecular weight is 317 g/mol. The maximum Gasteiger partial charge on any atom is 0.128 e. The quantitative estimate of drug-likeness (QED) is 0.806. The molecule has 0 radical (unpaired) electrons. The molecule has 1 aromatic carbocycles. The van der Waals surface area contributed by atoms with Crippen molar-refractivity contribution in [3.8, 4) is 0 Å². The second-order valence-corrected chi connectivity index (χ2v) is 7.27. The van der Waals surface area contributed by atoms with E-state index < -0.39 is 10.8 Å². The van der Waals surface area contributed by atoms with Crippen LogP contribution in [0.1, 0.15) is 36.7 Å². The molecule has 0 saturated heterocycles. The van der Waals surface area contributed by atoms with Crippen LogP contribution in [0.25, 0.3) is 11.0 Å². The minimum atomic E-state index is -0.920. The van der Waals surface area contributed by atoms with Crippen LogP contribution in [0.3, 0.4) is 0 Å². The molecule has 1 aromatic heterocycles. The lowest BCUT2D eigenvalue weighted by Gasteiger charge is -2.17. The fourth-order valence-electron chi connectivity index (χ4n) is 2.40. The number of hydrogen-bond acceptors (Lipinski definition) is 2. The molecular formula is C14H18ClFN2OS. The maximum atomic E-state index is 13.7. The van der Waals surface area contributed by atoms with E-state index in [9.17, 15) is 8.60 Å². The summed E-state index contributed by atoms with van der Waals surface area (Å²) in [5, 5.41) is -0.293. The third-order valence-corrected chi connectivity index (χ3v) is 4.42. The second kappa shape index (κ2) is 5.82. The van der Waals surface area contributed by atoms with Crippen molar-refractivity contribution in [2.24, 2.45) is 0 Å². The van der Waals surface area contributed by atoms with Gasteiger partial charge in [-0.25, -0.2) is 9.37 Å². The molecular weight excluding hydrogens is 299 g/mol. The van der Waals surface area contributed by atoms with Gasteiger partial charge in [0.15, 0.2) is 0 Å². The smallest absolute Gasteiger partial charge is 0.128 e. The van der Waals surface area contributed by atoms with Gasteiger partial charge in [-0.3, -0.25) is 4.21 Å². The summed E-state index contributed by atoms with van der Waals surface area (Å²) in [5.41, 5.74) is 1.99. The molecule has 0 saturated carbocycles. The van der Waals surface area contributed by atoms with Gasteiger partial charge in [0.05, 0.1) is 16.4 Å². The summed E-state index contributed by atoms with van der Waals surface area (Å²) in [6, 6.07) is 3.20. The van der Waals surface area contributed by atoms with E-state index in [1.807, 2.05) is 18.4 Å². The zero-order valence-corrected chi connectivity index (χ0v) is 13.6. The van der Waals surface area contributed by atoms with Crippen LogP contribution in [0.15, 0.2) is 12.1 Å². The Balaban J connectivity index is 2.67. The van der Waals surface area contributed by atoms with Crippen LogP contribution in [0, 0.1) is 12.7 Å². The zero-order valence-electron chi connectivity index (χ0n) is 12.0. The van der Waals surface area contributed by atoms with E-state index in [1.165, 1.54) is 6.07 Å². The Morgan fingerprint density at radius 1 is 1.45 bits per heavy atom. The Morgan fingerprint density at radius 2 is 2.10 bits per heavy atom. The van der Waals surface area contributed by atoms with Gasteiger partial charge in [0.25, 0.3) is 0 Å². The summed E-state index contributed by atoms with van der Waals surface area (Å²) in [6.45, 7) is 5.53. The number of aromatic nitrogens is 2. The molecule has 1 heterocycles. The molecule has 0 aliphatic heterocycles. The summed E-state index contributed by atoms with van der Waals surface area (Å²) >= 11 is 6.19. The highest BCUT2D eigenvalue weighted by Gasteiger charge is 2.20. The second-order valence-electron chi connectivity index (χ2n) is 5.13. The maximum absolute atomic E-state index is 13.7. The first-order valence-corrected chi connectivity index (χ1v) is 8.59. The van der Waals surface area contributed by atoms with Gasteiger partial charge in [0.1, 0.15) is 11.6 Å². The van der Waals surface area contributed by atoms with Crippen LogP contribution < -0.4 is 0 Å². The normalized spacial score (nSPS) is 16.3. The third-order valence-electron chi connectivity index (χ3n) is 3.27. The summed E-state index contributed by atoms with van der Waals surface area (Å²) < 4.78 is 27.1. The van der Waals surface area contributed by atoms with Crippen molar-refractivity contribution in [3.05, 3.63) is 29.3 Å². The van der Waals surface area contributed by atoms with Gasteiger partial charge in [-0.05, 0) is 32.4 Å². The first kappa shape index (κ1) is 15.4. The molecule has 2 rings (SSSR count). The molecule has 6 heteroatoms. The highest BCUT2D eigenvalue weighted by molar-refractivity contribution is 7.84. The van der Waals surface area contributed by atoms with Crippen molar-refractivity contribution < 1.29 is 8.60 Å². The fraction of sp³-hybridized carbons (Fsp3) is 0.500. The van der Waals surface area contributed by atoms with Crippen LogP contribution >= 0.6 is 11.6 Å². The Labute approximate surface area is 125 Å². The Hall–Kier alpha value is -0.940. The number of rotatable bonds is 4. The van der Waals surface area contributed by atoms with E-state index in [-0.39, 0.29) is 17.2 Å². The lowest BCUT2D eigenvalue weighted by atomic mass is 10.2. The van der Waals surface area contributed by atoms with E-state index in [4.69, 9.17) is 11.6 Å². The molecule has 3 atom stereocenters. The predicted octanol–water partition coefficient (Wildman–Crippen LogP) is 3.72. The highest BCUT2D eigenvalue weighted by atomic mass is 35.5. The van der Waals surface area contributed by atoms with Crippen molar-refractivity contribution in [2.45, 2.75) is 32.2 Å². The summed E-state index contributed by atoms with van der Waals surface area (Å²) in [7, 11) is -0.920. The lowest BCUT2D eigenvalue weighted by molar-refractivity contribution is 0.582. The molecule has 110 valence electrons. The van der Waals surface area contributed by atoms with Crippen molar-refractivity contribution in [1.82, 2.24) is 9.55 Å². The Morgan fingerprint density at radius 3 is 2.65 bits per heavy atom. The number of hydrogen-bond donors (Lipinski definition) is 0. The summed E-state index contributed by atoms with van der Waals surface area (Å²) in [5.74, 6) is 0.922. The number of benzene rings is 1. The first-order valence-electron chi connectivity index (χ1n) is 6.43. The van der Waals surface area contributed by atoms with Crippen LogP contribution in [-0.4, -0.2) is 25.8 Å². The largest absolute Gasteiger partial charge is 0.323 e. The van der Waals surface area contributed by atoms with Crippen molar-refractivity contribution >= 4 is 33.4 Å². The first-order chi connectivity index (χ1) is 9.31. The van der Waals surface area contributed by atoms with Gasteiger partial charge >= 0.3 is 0 Å². The molecule has 0 amide bonds. The zero-order chi connectivity index (χ0) is 15.0. The standard InChI is InChI=1S/C14H18ClFN2OS/c1-8-5-13-12(6-11(8)16)17-14(10(3)15)18(13)9(2)7-20(4)19/h5-6,9-10H,7H2,1-4H3. The number of halogens is 2. The molecule has 0 aliphatic carbocycles. The number of imidazole rings is 1. The average Bonchev–Trinajstić information content (AvgIpc) is 2.67. The molecule has 0 bridgehead atoms. The predicted molar refractivity (Wildman–Crippen MR) is 82.3 cm³/mol. The van der Waals surface area contributed by atoms with E-state index >= 15 is 0 Å². The van der Waals surface area contributed by atoms with E-state index in [0.717, 1.165) is 5.52 Å². The molecule has 0 aliphatic rings. The molecule has 0 spiro atoms. The van der Waals surface area contributed by atoms with Gasteiger partial charge in [0, 0.05) is 34.9 Å². The van der Waals surface area contributed by atoms with Crippen LogP contribution in [0.2, 0.25) is 0 Å². The third kappa shape index (κ3) is 2.88. The van der Waals surface area contributed by atoms with E-state index in [2.05, 4.69) is 4.98 Å². The minimum absolute atomic E-state index is 0.00751. The topological polar surface area (TPSA) is 34.9 Å². The lowest BCUT2D eigenvalue weighted by Crippen LogP contribution is -2.16. The number of nitrogens with zero attached hydrogens (tertiary/aromatic N) is 2. The van der Waals surface area contributed by atoms with Gasteiger partial charge in [0.2, 0.25) is 0 Å². The summed E-state index contributed by atoms with van der Waals surface area (Å²) in [6.07, 6.45) is 1.67. The minimum Gasteiger partial charge on any atom is -0.323 e. The van der Waals surface area contributed by atoms with Crippen LogP contribution in [0.5, 0.6) is 0 Å². The fourth-order valence-corrected chi connectivity index (χ4v) is 3.38. The van der Waals surface area contributed by atoms with Gasteiger partial charge in [-0.2, -0.15) is 0 Å². The molecule has 20 heavy (non-hydrogen) atoms. The number of fused-ring (bicyclic) bond motifs is 1. The molecule has 3 unspecified atom stereocenters.